The lowest BCUT2D eigenvalue weighted by atomic mass is 9.97. The van der Waals surface area contributed by atoms with Gasteiger partial charge in [0, 0.05) is 25.7 Å². The molecular formula is C18H23F2N5O2. The van der Waals surface area contributed by atoms with Crippen molar-refractivity contribution in [1.82, 2.24) is 19.8 Å². The van der Waals surface area contributed by atoms with Crippen LogP contribution in [0.1, 0.15) is 12.8 Å². The van der Waals surface area contributed by atoms with Gasteiger partial charge in [-0.15, -0.1) is 0 Å². The molecule has 9 heteroatoms. The van der Waals surface area contributed by atoms with Crippen molar-refractivity contribution >= 4 is 22.8 Å². The summed E-state index contributed by atoms with van der Waals surface area (Å²) in [5, 5.41) is 2.37. The quantitative estimate of drug-likeness (QED) is 0.821. The summed E-state index contributed by atoms with van der Waals surface area (Å²) in [6.45, 7) is 3.35. The van der Waals surface area contributed by atoms with E-state index in [1.165, 1.54) is 0 Å². The third-order valence-corrected chi connectivity index (χ3v) is 4.71. The van der Waals surface area contributed by atoms with Gasteiger partial charge in [-0.25, -0.2) is 13.8 Å². The van der Waals surface area contributed by atoms with Crippen molar-refractivity contribution in [3.05, 3.63) is 34.1 Å². The number of amides is 1. The average Bonchev–Trinajstić information content (AvgIpc) is 2.61. The number of likely N-dealkylation sites (N-methyl/N-ethyl adjacent to an activating group) is 1. The van der Waals surface area contributed by atoms with Crippen LogP contribution in [0.15, 0.2) is 16.9 Å². The molecular weight excluding hydrogens is 356 g/mol. The SMILES string of the molecule is CN(C)CCN1CCCC(C(=O)Nc2nc3c(F)cc(F)cc3c(=O)[nH]2)C1. The zero-order valence-corrected chi connectivity index (χ0v) is 15.4. The first-order valence-electron chi connectivity index (χ1n) is 8.90. The molecule has 2 N–H and O–H groups in total. The third kappa shape index (κ3) is 4.67. The Kier molecular flexibility index (Phi) is 5.81. The maximum atomic E-state index is 13.9. The van der Waals surface area contributed by atoms with Crippen LogP contribution in [0.2, 0.25) is 0 Å². The summed E-state index contributed by atoms with van der Waals surface area (Å²) in [5.41, 5.74) is -0.975. The third-order valence-electron chi connectivity index (χ3n) is 4.71. The molecule has 0 radical (unpaired) electrons. The van der Waals surface area contributed by atoms with Crippen molar-refractivity contribution in [2.75, 3.05) is 45.6 Å². The number of piperidine rings is 1. The van der Waals surface area contributed by atoms with Crippen molar-refractivity contribution in [2.24, 2.45) is 5.92 Å². The van der Waals surface area contributed by atoms with Crippen LogP contribution in [0.5, 0.6) is 0 Å². The van der Waals surface area contributed by atoms with Gasteiger partial charge in [-0.2, -0.15) is 0 Å². The van der Waals surface area contributed by atoms with Crippen molar-refractivity contribution in [3.8, 4) is 0 Å². The minimum Gasteiger partial charge on any atom is -0.308 e. The molecule has 1 aromatic carbocycles. The van der Waals surface area contributed by atoms with Crippen LogP contribution in [0.4, 0.5) is 14.7 Å². The molecule has 1 amide bonds. The second-order valence-corrected chi connectivity index (χ2v) is 7.13. The molecule has 7 nitrogen and oxygen atoms in total. The number of fused-ring (bicyclic) bond motifs is 1. The summed E-state index contributed by atoms with van der Waals surface area (Å²) < 4.78 is 27.2. The summed E-state index contributed by atoms with van der Waals surface area (Å²) in [6, 6.07) is 1.57. The van der Waals surface area contributed by atoms with Gasteiger partial charge >= 0.3 is 0 Å². The Hall–Kier alpha value is -2.39. The van der Waals surface area contributed by atoms with Crippen molar-refractivity contribution in [3.63, 3.8) is 0 Å². The number of nitrogens with one attached hydrogen (secondary N) is 2. The molecule has 3 rings (SSSR count). The van der Waals surface area contributed by atoms with Crippen molar-refractivity contribution in [2.45, 2.75) is 12.8 Å². The molecule has 1 aliphatic rings. The fourth-order valence-electron chi connectivity index (χ4n) is 3.26. The molecule has 27 heavy (non-hydrogen) atoms. The number of halogens is 2. The number of nitrogens with zero attached hydrogens (tertiary/aromatic N) is 3. The number of carbonyl (C=O) groups excluding carboxylic acids is 1. The van der Waals surface area contributed by atoms with Gasteiger partial charge in [0.15, 0.2) is 5.82 Å². The van der Waals surface area contributed by atoms with Crippen LogP contribution in [0, 0.1) is 17.6 Å². The molecule has 1 saturated heterocycles. The molecule has 0 aliphatic carbocycles. The van der Waals surface area contributed by atoms with E-state index in [0.29, 0.717) is 12.6 Å². The highest BCUT2D eigenvalue weighted by atomic mass is 19.1. The predicted molar refractivity (Wildman–Crippen MR) is 98.6 cm³/mol. The first-order valence-corrected chi connectivity index (χ1v) is 8.90. The fraction of sp³-hybridized carbons (Fsp3) is 0.500. The Balaban J connectivity index is 1.73. The van der Waals surface area contributed by atoms with Crippen LogP contribution in [0.3, 0.4) is 0 Å². The second kappa shape index (κ2) is 8.10. The van der Waals surface area contributed by atoms with Crippen molar-refractivity contribution < 1.29 is 13.6 Å². The molecule has 0 bridgehead atoms. The number of hydrogen-bond acceptors (Lipinski definition) is 5. The van der Waals surface area contributed by atoms with Gasteiger partial charge in [0.05, 0.1) is 11.3 Å². The van der Waals surface area contributed by atoms with Crippen LogP contribution >= 0.6 is 0 Å². The highest BCUT2D eigenvalue weighted by molar-refractivity contribution is 5.92. The largest absolute Gasteiger partial charge is 0.308 e. The highest BCUT2D eigenvalue weighted by Crippen LogP contribution is 2.19. The van der Waals surface area contributed by atoms with Crippen LogP contribution in [0.25, 0.3) is 10.9 Å². The molecule has 0 spiro atoms. The van der Waals surface area contributed by atoms with Crippen molar-refractivity contribution in [1.29, 1.82) is 0 Å². The van der Waals surface area contributed by atoms with Gasteiger partial charge in [-0.3, -0.25) is 19.9 Å². The lowest BCUT2D eigenvalue weighted by Crippen LogP contribution is -2.43. The van der Waals surface area contributed by atoms with Crippen LogP contribution < -0.4 is 10.9 Å². The molecule has 1 aliphatic heterocycles. The predicted octanol–water partition coefficient (Wildman–Crippen LogP) is 1.41. The minimum absolute atomic E-state index is 0.131. The van der Waals surface area contributed by atoms with E-state index in [4.69, 9.17) is 0 Å². The molecule has 1 aromatic heterocycles. The van der Waals surface area contributed by atoms with Gasteiger partial charge in [0.25, 0.3) is 5.56 Å². The second-order valence-electron chi connectivity index (χ2n) is 7.13. The molecule has 146 valence electrons. The number of aromatic nitrogens is 2. The first-order chi connectivity index (χ1) is 12.8. The number of hydrogen-bond donors (Lipinski definition) is 2. The number of rotatable bonds is 5. The standard InChI is InChI=1S/C18H23F2N5O2/c1-24(2)6-7-25-5-3-4-11(10-25)16(26)22-18-21-15-13(17(27)23-18)8-12(19)9-14(15)20/h8-9,11H,3-7,10H2,1-2H3,(H2,21,22,23,26,27). The Morgan fingerprint density at radius 3 is 2.93 bits per heavy atom. The van der Waals surface area contributed by atoms with E-state index in [2.05, 4.69) is 25.1 Å². The number of carbonyl (C=O) groups is 1. The Labute approximate surface area is 155 Å². The van der Waals surface area contributed by atoms with Gasteiger partial charge in [-0.1, -0.05) is 0 Å². The summed E-state index contributed by atoms with van der Waals surface area (Å²) in [4.78, 5) is 35.3. The monoisotopic (exact) mass is 379 g/mol. The number of anilines is 1. The van der Waals surface area contributed by atoms with E-state index in [0.717, 1.165) is 38.5 Å². The lowest BCUT2D eigenvalue weighted by Gasteiger charge is -2.32. The van der Waals surface area contributed by atoms with E-state index in [1.54, 1.807) is 0 Å². The average molecular weight is 379 g/mol. The molecule has 2 heterocycles. The zero-order valence-electron chi connectivity index (χ0n) is 15.4. The van der Waals surface area contributed by atoms with Crippen LogP contribution in [-0.2, 0) is 4.79 Å². The Morgan fingerprint density at radius 2 is 2.19 bits per heavy atom. The minimum atomic E-state index is -0.945. The van der Waals surface area contributed by atoms with Gasteiger partial charge < -0.3 is 9.80 Å². The van der Waals surface area contributed by atoms with E-state index in [9.17, 15) is 18.4 Å². The smallest absolute Gasteiger partial charge is 0.260 e. The van der Waals surface area contributed by atoms with Gasteiger partial charge in [0.2, 0.25) is 11.9 Å². The zero-order chi connectivity index (χ0) is 19.6. The van der Waals surface area contributed by atoms with E-state index < -0.39 is 17.2 Å². The summed E-state index contributed by atoms with van der Waals surface area (Å²) in [7, 11) is 4.00. The number of aromatic amines is 1. The maximum Gasteiger partial charge on any atom is 0.260 e. The van der Waals surface area contributed by atoms with E-state index in [1.807, 2.05) is 14.1 Å². The lowest BCUT2D eigenvalue weighted by molar-refractivity contribution is -0.121. The number of benzene rings is 1. The molecule has 1 fully saturated rings. The number of likely N-dealkylation sites (tertiary alicyclic amines) is 1. The maximum absolute atomic E-state index is 13.9. The Bertz CT molecular complexity index is 899. The summed E-state index contributed by atoms with van der Waals surface area (Å²) in [6.07, 6.45) is 1.64. The molecule has 1 unspecified atom stereocenters. The Morgan fingerprint density at radius 1 is 1.41 bits per heavy atom. The summed E-state index contributed by atoms with van der Waals surface area (Å²) in [5.74, 6) is -2.44. The molecule has 0 saturated carbocycles. The highest BCUT2D eigenvalue weighted by Gasteiger charge is 2.26. The molecule has 1 atom stereocenters. The summed E-state index contributed by atoms with van der Waals surface area (Å²) >= 11 is 0. The van der Waals surface area contributed by atoms with E-state index >= 15 is 0 Å². The molecule has 2 aromatic rings. The topological polar surface area (TPSA) is 81.3 Å². The normalized spacial score (nSPS) is 18.2. The van der Waals surface area contributed by atoms with Gasteiger partial charge in [-0.05, 0) is 39.5 Å². The fourth-order valence-corrected chi connectivity index (χ4v) is 3.26. The first kappa shape index (κ1) is 19.4. The van der Waals surface area contributed by atoms with Gasteiger partial charge in [0.1, 0.15) is 11.3 Å². The van der Waals surface area contributed by atoms with Crippen LogP contribution in [-0.4, -0.2) is 65.9 Å². The van der Waals surface area contributed by atoms with E-state index in [-0.39, 0.29) is 28.7 Å². The number of H-pyrrole nitrogens is 1.